The van der Waals surface area contributed by atoms with Crippen molar-refractivity contribution in [2.45, 2.75) is 19.9 Å². The van der Waals surface area contributed by atoms with Gasteiger partial charge >= 0.3 is 0 Å². The number of hydrogen-bond donors (Lipinski definition) is 1. The minimum atomic E-state index is -0.150. The molecule has 0 spiro atoms. The van der Waals surface area contributed by atoms with Gasteiger partial charge in [-0.15, -0.1) is 0 Å². The van der Waals surface area contributed by atoms with Gasteiger partial charge in [0, 0.05) is 36.4 Å². The molecule has 2 heterocycles. The fourth-order valence-electron chi connectivity index (χ4n) is 2.69. The van der Waals surface area contributed by atoms with E-state index in [0.717, 1.165) is 10.6 Å². The van der Waals surface area contributed by atoms with Gasteiger partial charge in [0.2, 0.25) is 5.91 Å². The molecule has 8 heteroatoms. The van der Waals surface area contributed by atoms with E-state index in [0.29, 0.717) is 41.7 Å². The molecule has 132 valence electrons. The van der Waals surface area contributed by atoms with Gasteiger partial charge in [0.15, 0.2) is 5.13 Å². The van der Waals surface area contributed by atoms with Gasteiger partial charge in [-0.25, -0.2) is 4.98 Å². The Kier molecular flexibility index (Phi) is 4.89. The molecule has 2 aromatic rings. The van der Waals surface area contributed by atoms with Crippen LogP contribution in [0.3, 0.4) is 0 Å². The van der Waals surface area contributed by atoms with E-state index in [2.05, 4.69) is 10.3 Å². The number of methoxy groups -OCH3 is 2. The number of fused-ring (bicyclic) bond motifs is 1. The highest BCUT2D eigenvalue weighted by atomic mass is 32.1. The number of carbonyl (C=O) groups is 2. The predicted molar refractivity (Wildman–Crippen MR) is 94.4 cm³/mol. The Morgan fingerprint density at radius 1 is 1.20 bits per heavy atom. The molecule has 1 aromatic heterocycles. The molecule has 0 saturated carbocycles. The second-order valence-corrected chi connectivity index (χ2v) is 6.73. The third-order valence-electron chi connectivity index (χ3n) is 3.90. The van der Waals surface area contributed by atoms with Crippen molar-refractivity contribution in [3.05, 3.63) is 34.3 Å². The van der Waals surface area contributed by atoms with Crippen LogP contribution in [0.5, 0.6) is 11.5 Å². The lowest BCUT2D eigenvalue weighted by Crippen LogP contribution is -2.35. The number of hydrogen-bond acceptors (Lipinski definition) is 6. The van der Waals surface area contributed by atoms with Gasteiger partial charge in [0.05, 0.1) is 26.5 Å². The van der Waals surface area contributed by atoms with Crippen molar-refractivity contribution in [2.75, 3.05) is 26.1 Å². The van der Waals surface area contributed by atoms with E-state index in [4.69, 9.17) is 9.47 Å². The topological polar surface area (TPSA) is 80.8 Å². The maximum atomic E-state index is 12.9. The number of anilines is 1. The first-order valence-electron chi connectivity index (χ1n) is 7.78. The average Bonchev–Trinajstić information content (AvgIpc) is 3.00. The second-order valence-electron chi connectivity index (χ2n) is 5.65. The zero-order valence-corrected chi connectivity index (χ0v) is 15.1. The Balaban J connectivity index is 1.80. The third-order valence-corrected chi connectivity index (χ3v) is 4.90. The molecule has 1 aliphatic rings. The highest BCUT2D eigenvalue weighted by molar-refractivity contribution is 7.15. The molecular formula is C17H19N3O4S. The number of benzene rings is 1. The van der Waals surface area contributed by atoms with E-state index in [9.17, 15) is 9.59 Å². The summed E-state index contributed by atoms with van der Waals surface area (Å²) in [6.07, 6.45) is 0.665. The molecule has 25 heavy (non-hydrogen) atoms. The zero-order valence-electron chi connectivity index (χ0n) is 14.3. The molecule has 0 atom stereocenters. The minimum Gasteiger partial charge on any atom is -0.497 e. The van der Waals surface area contributed by atoms with Crippen molar-refractivity contribution < 1.29 is 19.1 Å². The van der Waals surface area contributed by atoms with Crippen LogP contribution in [0.15, 0.2) is 18.2 Å². The van der Waals surface area contributed by atoms with Crippen LogP contribution in [0.25, 0.3) is 0 Å². The van der Waals surface area contributed by atoms with Crippen molar-refractivity contribution in [3.63, 3.8) is 0 Å². The monoisotopic (exact) mass is 361 g/mol. The molecule has 0 radical (unpaired) electrons. The molecule has 0 unspecified atom stereocenters. The van der Waals surface area contributed by atoms with Gasteiger partial charge in [-0.2, -0.15) is 0 Å². The molecule has 3 rings (SSSR count). The number of carbonyl (C=O) groups excluding carboxylic acids is 2. The molecule has 0 aliphatic carbocycles. The van der Waals surface area contributed by atoms with E-state index in [1.54, 1.807) is 37.3 Å². The van der Waals surface area contributed by atoms with Crippen molar-refractivity contribution in [1.29, 1.82) is 0 Å². The molecular weight excluding hydrogens is 342 g/mol. The van der Waals surface area contributed by atoms with Gasteiger partial charge in [0.25, 0.3) is 5.91 Å². The van der Waals surface area contributed by atoms with Crippen molar-refractivity contribution in [3.8, 4) is 11.5 Å². The minimum absolute atomic E-state index is 0.0858. The van der Waals surface area contributed by atoms with Crippen molar-refractivity contribution >= 4 is 28.3 Å². The first kappa shape index (κ1) is 17.2. The standard InChI is InChI=1S/C17H19N3O4S/c1-10(21)18-17-19-14-4-5-20(9-15(14)25-17)16(22)11-6-12(23-2)8-13(7-11)24-3/h6-8H,4-5,9H2,1-3H3,(H,18,19,21). The Morgan fingerprint density at radius 3 is 2.48 bits per heavy atom. The van der Waals surface area contributed by atoms with Crippen LogP contribution in [0, 0.1) is 0 Å². The van der Waals surface area contributed by atoms with Crippen LogP contribution in [0.2, 0.25) is 0 Å². The van der Waals surface area contributed by atoms with Crippen LogP contribution >= 0.6 is 11.3 Å². The molecule has 0 fully saturated rings. The number of ether oxygens (including phenoxy) is 2. The summed E-state index contributed by atoms with van der Waals surface area (Å²) in [7, 11) is 3.11. The van der Waals surface area contributed by atoms with Crippen molar-refractivity contribution in [1.82, 2.24) is 9.88 Å². The maximum absolute atomic E-state index is 12.9. The van der Waals surface area contributed by atoms with Gasteiger partial charge < -0.3 is 19.7 Å². The summed E-state index contributed by atoms with van der Waals surface area (Å²) >= 11 is 1.41. The Bertz CT molecular complexity index is 796. The maximum Gasteiger partial charge on any atom is 0.254 e. The van der Waals surface area contributed by atoms with E-state index in [1.165, 1.54) is 18.3 Å². The lowest BCUT2D eigenvalue weighted by molar-refractivity contribution is -0.114. The molecule has 2 amide bonds. The number of amides is 2. The number of nitrogens with one attached hydrogen (secondary N) is 1. The van der Waals surface area contributed by atoms with Crippen LogP contribution in [0.1, 0.15) is 27.9 Å². The number of nitrogens with zero attached hydrogens (tertiary/aromatic N) is 2. The lowest BCUT2D eigenvalue weighted by Gasteiger charge is -2.26. The Hall–Kier alpha value is -2.61. The Labute approximate surface area is 149 Å². The summed E-state index contributed by atoms with van der Waals surface area (Å²) in [6, 6.07) is 5.14. The second kappa shape index (κ2) is 7.10. The SMILES string of the molecule is COc1cc(OC)cc(C(=O)N2CCc3nc(NC(C)=O)sc3C2)c1. The fourth-order valence-corrected chi connectivity index (χ4v) is 3.76. The molecule has 1 aromatic carbocycles. The quantitative estimate of drug-likeness (QED) is 0.904. The first-order valence-corrected chi connectivity index (χ1v) is 8.60. The van der Waals surface area contributed by atoms with Crippen molar-refractivity contribution in [2.24, 2.45) is 0 Å². The Morgan fingerprint density at radius 2 is 1.88 bits per heavy atom. The lowest BCUT2D eigenvalue weighted by atomic mass is 10.1. The summed E-state index contributed by atoms with van der Waals surface area (Å²) in [5.74, 6) is 0.914. The molecule has 1 N–H and O–H groups in total. The zero-order chi connectivity index (χ0) is 18.0. The average molecular weight is 361 g/mol. The van der Waals surface area contributed by atoms with Gasteiger partial charge in [-0.1, -0.05) is 11.3 Å². The summed E-state index contributed by atoms with van der Waals surface area (Å²) in [4.78, 5) is 31.2. The molecule has 7 nitrogen and oxygen atoms in total. The smallest absolute Gasteiger partial charge is 0.254 e. The fraction of sp³-hybridized carbons (Fsp3) is 0.353. The summed E-state index contributed by atoms with van der Waals surface area (Å²) < 4.78 is 10.5. The number of thiazole rings is 1. The first-order chi connectivity index (χ1) is 12.0. The summed E-state index contributed by atoms with van der Waals surface area (Å²) in [6.45, 7) is 2.51. The molecule has 1 aliphatic heterocycles. The molecule has 0 bridgehead atoms. The van der Waals surface area contributed by atoms with Crippen LogP contribution in [-0.2, 0) is 17.8 Å². The largest absolute Gasteiger partial charge is 0.497 e. The van der Waals surface area contributed by atoms with E-state index in [-0.39, 0.29) is 11.8 Å². The van der Waals surface area contributed by atoms with Gasteiger partial charge in [0.1, 0.15) is 11.5 Å². The highest BCUT2D eigenvalue weighted by Crippen LogP contribution is 2.30. The summed E-state index contributed by atoms with van der Waals surface area (Å²) in [5.41, 5.74) is 1.47. The van der Waals surface area contributed by atoms with Gasteiger partial charge in [-0.05, 0) is 12.1 Å². The van der Waals surface area contributed by atoms with E-state index in [1.807, 2.05) is 0 Å². The van der Waals surface area contributed by atoms with E-state index >= 15 is 0 Å². The third kappa shape index (κ3) is 3.74. The van der Waals surface area contributed by atoms with Crippen LogP contribution < -0.4 is 14.8 Å². The normalized spacial score (nSPS) is 13.2. The van der Waals surface area contributed by atoms with E-state index < -0.39 is 0 Å². The van der Waals surface area contributed by atoms with Crippen LogP contribution in [-0.4, -0.2) is 42.5 Å². The highest BCUT2D eigenvalue weighted by Gasteiger charge is 2.25. The molecule has 0 saturated heterocycles. The predicted octanol–water partition coefficient (Wildman–Crippen LogP) is 2.32. The summed E-state index contributed by atoms with van der Waals surface area (Å²) in [5, 5.41) is 3.28. The van der Waals surface area contributed by atoms with Gasteiger partial charge in [-0.3, -0.25) is 9.59 Å². The van der Waals surface area contributed by atoms with Crippen LogP contribution in [0.4, 0.5) is 5.13 Å². The number of aromatic nitrogens is 1. The number of rotatable bonds is 4.